The number of amides is 3. The highest BCUT2D eigenvalue weighted by Gasteiger charge is 2.58. The number of nitrogens with two attached hydrogens (primary N) is 1. The van der Waals surface area contributed by atoms with Gasteiger partial charge in [0.2, 0.25) is 11.8 Å². The van der Waals surface area contributed by atoms with Crippen molar-refractivity contribution in [3.05, 3.63) is 59.9 Å². The molecule has 172 valence electrons. The quantitative estimate of drug-likeness (QED) is 0.444. The lowest BCUT2D eigenvalue weighted by Gasteiger charge is -2.25. The van der Waals surface area contributed by atoms with Gasteiger partial charge in [-0.1, -0.05) is 30.3 Å². The minimum atomic E-state index is -1.58. The number of hydrogen-bond acceptors (Lipinski definition) is 6. The summed E-state index contributed by atoms with van der Waals surface area (Å²) in [6.07, 6.45) is 4.18. The van der Waals surface area contributed by atoms with Crippen LogP contribution in [0.4, 0.5) is 10.1 Å². The van der Waals surface area contributed by atoms with Gasteiger partial charge in [-0.25, -0.2) is 4.39 Å². The van der Waals surface area contributed by atoms with E-state index in [4.69, 9.17) is 11.1 Å². The molecule has 3 atom stereocenters. The van der Waals surface area contributed by atoms with Crippen LogP contribution in [0.2, 0.25) is 0 Å². The predicted octanol–water partition coefficient (Wildman–Crippen LogP) is 1.09. The maximum absolute atomic E-state index is 15.1. The second-order valence-corrected chi connectivity index (χ2v) is 8.25. The number of aromatic nitrogens is 1. The molecule has 5 N–H and O–H groups in total. The molecule has 1 aromatic heterocycles. The second kappa shape index (κ2) is 8.97. The molecule has 2 aliphatic rings. The molecule has 1 aromatic carbocycles. The summed E-state index contributed by atoms with van der Waals surface area (Å²) in [5.74, 6) is -1.58. The molecule has 3 unspecified atom stereocenters. The average molecular weight is 452 g/mol. The van der Waals surface area contributed by atoms with E-state index < -0.39 is 29.4 Å². The first-order chi connectivity index (χ1) is 15.8. The summed E-state index contributed by atoms with van der Waals surface area (Å²) >= 11 is 0. The Morgan fingerprint density at radius 1 is 1.24 bits per heavy atom. The van der Waals surface area contributed by atoms with Crippen LogP contribution >= 0.6 is 0 Å². The van der Waals surface area contributed by atoms with E-state index >= 15 is 4.39 Å². The number of carbonyl (C=O) groups is 3. The first kappa shape index (κ1) is 22.4. The molecule has 1 saturated heterocycles. The number of alkyl halides is 1. The molecule has 0 spiro atoms. The van der Waals surface area contributed by atoms with Crippen LogP contribution < -0.4 is 16.4 Å². The minimum absolute atomic E-state index is 0.158. The molecule has 2 heterocycles. The fraction of sp³-hybridized carbons (Fsp3) is 0.348. The van der Waals surface area contributed by atoms with Crippen molar-refractivity contribution in [2.24, 2.45) is 5.73 Å². The fourth-order valence-corrected chi connectivity index (χ4v) is 4.20. The van der Waals surface area contributed by atoms with Crippen LogP contribution in [-0.2, 0) is 20.1 Å². The van der Waals surface area contributed by atoms with Crippen molar-refractivity contribution >= 4 is 29.1 Å². The van der Waals surface area contributed by atoms with E-state index in [0.29, 0.717) is 30.6 Å². The first-order valence-electron chi connectivity index (χ1n) is 10.7. The van der Waals surface area contributed by atoms with Crippen molar-refractivity contribution in [2.45, 2.75) is 37.0 Å². The molecule has 1 aliphatic heterocycles. The lowest BCUT2D eigenvalue weighted by atomic mass is 10.1. The third-order valence-corrected chi connectivity index (χ3v) is 6.11. The Kier molecular flexibility index (Phi) is 6.08. The third-order valence-electron chi connectivity index (χ3n) is 6.11. The highest BCUT2D eigenvalue weighted by Crippen LogP contribution is 2.49. The van der Waals surface area contributed by atoms with E-state index in [0.717, 1.165) is 0 Å². The minimum Gasteiger partial charge on any atom is -0.374 e. The summed E-state index contributed by atoms with van der Waals surface area (Å²) in [5.41, 5.74) is 4.30. The molecule has 3 amide bonds. The third kappa shape index (κ3) is 4.55. The van der Waals surface area contributed by atoms with Crippen molar-refractivity contribution in [2.75, 3.05) is 18.4 Å². The van der Waals surface area contributed by atoms with Crippen molar-refractivity contribution in [3.8, 4) is 0 Å². The van der Waals surface area contributed by atoms with Gasteiger partial charge in [-0.15, -0.1) is 0 Å². The van der Waals surface area contributed by atoms with Gasteiger partial charge in [0, 0.05) is 24.7 Å². The smallest absolute Gasteiger partial charge is 0.267 e. The molecule has 9 nitrogen and oxygen atoms in total. The van der Waals surface area contributed by atoms with E-state index in [-0.39, 0.29) is 30.3 Å². The molecular formula is C23H25FN6O3. The lowest BCUT2D eigenvalue weighted by Crippen LogP contribution is -2.48. The summed E-state index contributed by atoms with van der Waals surface area (Å²) in [6, 6.07) is 8.91. The maximum atomic E-state index is 15.1. The van der Waals surface area contributed by atoms with Crippen LogP contribution in [0.5, 0.6) is 0 Å². The van der Waals surface area contributed by atoms with Crippen molar-refractivity contribution in [1.82, 2.24) is 15.2 Å². The zero-order valence-corrected chi connectivity index (χ0v) is 17.9. The number of likely N-dealkylation sites (tertiary alicyclic amines) is 1. The molecule has 0 bridgehead atoms. The number of halogens is 1. The highest BCUT2D eigenvalue weighted by molar-refractivity contribution is 6.44. The molecule has 4 rings (SSSR count). The van der Waals surface area contributed by atoms with Gasteiger partial charge in [-0.05, 0) is 24.5 Å². The maximum Gasteiger partial charge on any atom is 0.267 e. The van der Waals surface area contributed by atoms with Gasteiger partial charge in [0.1, 0.15) is 11.8 Å². The number of anilines is 1. The Balaban J connectivity index is 1.36. The van der Waals surface area contributed by atoms with Gasteiger partial charge in [0.05, 0.1) is 24.5 Å². The topological polar surface area (TPSA) is 141 Å². The van der Waals surface area contributed by atoms with Crippen molar-refractivity contribution in [3.63, 3.8) is 0 Å². The van der Waals surface area contributed by atoms with Crippen molar-refractivity contribution < 1.29 is 18.8 Å². The summed E-state index contributed by atoms with van der Waals surface area (Å²) in [6.45, 7) is 0.259. The number of pyridine rings is 1. The summed E-state index contributed by atoms with van der Waals surface area (Å²) in [4.78, 5) is 42.5. The van der Waals surface area contributed by atoms with Crippen LogP contribution in [0.15, 0.2) is 48.8 Å². The van der Waals surface area contributed by atoms with Gasteiger partial charge in [0.15, 0.2) is 5.67 Å². The summed E-state index contributed by atoms with van der Waals surface area (Å²) in [7, 11) is 0. The zero-order chi connectivity index (χ0) is 23.6. The molecule has 10 heteroatoms. The van der Waals surface area contributed by atoms with Gasteiger partial charge in [-0.2, -0.15) is 0 Å². The molecular weight excluding hydrogens is 427 g/mol. The number of benzene rings is 1. The van der Waals surface area contributed by atoms with Gasteiger partial charge < -0.3 is 21.3 Å². The molecule has 2 fully saturated rings. The molecule has 1 aliphatic carbocycles. The average Bonchev–Trinajstić information content (AvgIpc) is 3.23. The Hall–Kier alpha value is -3.82. The van der Waals surface area contributed by atoms with Gasteiger partial charge >= 0.3 is 0 Å². The SMILES string of the molecule is N=C(C(N)=O)c1ccncc1NCC(=O)N1CCCC1C(=O)NC1CC1(F)c1ccccc1. The van der Waals surface area contributed by atoms with Crippen LogP contribution in [0, 0.1) is 5.41 Å². The van der Waals surface area contributed by atoms with E-state index in [2.05, 4.69) is 15.6 Å². The lowest BCUT2D eigenvalue weighted by molar-refractivity contribution is -0.137. The van der Waals surface area contributed by atoms with Gasteiger partial charge in [0.25, 0.3) is 5.91 Å². The largest absolute Gasteiger partial charge is 0.374 e. The molecule has 0 radical (unpaired) electrons. The molecule has 2 aromatic rings. The predicted molar refractivity (Wildman–Crippen MR) is 119 cm³/mol. The fourth-order valence-electron chi connectivity index (χ4n) is 4.20. The Bertz CT molecular complexity index is 1090. The number of nitrogens with one attached hydrogen (secondary N) is 3. The number of nitrogens with zero attached hydrogens (tertiary/aromatic N) is 2. The molecule has 1 saturated carbocycles. The van der Waals surface area contributed by atoms with Crippen LogP contribution in [0.25, 0.3) is 0 Å². The first-order valence-corrected chi connectivity index (χ1v) is 10.7. The van der Waals surface area contributed by atoms with E-state index in [1.54, 1.807) is 24.3 Å². The van der Waals surface area contributed by atoms with E-state index in [1.165, 1.54) is 23.4 Å². The highest BCUT2D eigenvalue weighted by atomic mass is 19.1. The Morgan fingerprint density at radius 2 is 2.00 bits per heavy atom. The Morgan fingerprint density at radius 3 is 2.73 bits per heavy atom. The van der Waals surface area contributed by atoms with Crippen LogP contribution in [-0.4, -0.2) is 58.5 Å². The van der Waals surface area contributed by atoms with Gasteiger partial charge in [-0.3, -0.25) is 24.8 Å². The second-order valence-electron chi connectivity index (χ2n) is 8.25. The van der Waals surface area contributed by atoms with E-state index in [9.17, 15) is 14.4 Å². The van der Waals surface area contributed by atoms with Crippen LogP contribution in [0.1, 0.15) is 30.4 Å². The zero-order valence-electron chi connectivity index (χ0n) is 17.9. The standard InChI is InChI=1S/C23H25FN6O3/c24-23(14-5-2-1-3-6-14)11-18(23)29-22(33)17-7-4-10-30(17)19(31)13-28-16-12-27-9-8-15(16)20(25)21(26)32/h1-3,5-6,8-9,12,17-18,25,28H,4,7,10-11,13H2,(H2,26,32)(H,29,33). The monoisotopic (exact) mass is 452 g/mol. The Labute approximate surface area is 190 Å². The van der Waals surface area contributed by atoms with E-state index in [1.807, 2.05) is 6.07 Å². The number of hydrogen-bond donors (Lipinski definition) is 4. The normalized spacial score (nSPS) is 23.6. The number of primary amides is 1. The number of carbonyl (C=O) groups excluding carboxylic acids is 3. The van der Waals surface area contributed by atoms with Crippen LogP contribution in [0.3, 0.4) is 0 Å². The summed E-state index contributed by atoms with van der Waals surface area (Å²) in [5, 5.41) is 13.5. The summed E-state index contributed by atoms with van der Waals surface area (Å²) < 4.78 is 15.1. The van der Waals surface area contributed by atoms with Crippen molar-refractivity contribution in [1.29, 1.82) is 5.41 Å². The molecule has 33 heavy (non-hydrogen) atoms. The number of rotatable bonds is 8.